The van der Waals surface area contributed by atoms with Crippen LogP contribution < -0.4 is 0 Å². The van der Waals surface area contributed by atoms with Gasteiger partial charge in [-0.1, -0.05) is 77.7 Å². The first-order valence-electron chi connectivity index (χ1n) is 15.4. The van der Waals surface area contributed by atoms with Crippen LogP contribution in [-0.4, -0.2) is 34.0 Å². The molecule has 0 aliphatic heterocycles. The Bertz CT molecular complexity index is 1030. The van der Waals surface area contributed by atoms with Crippen molar-refractivity contribution >= 4 is 5.97 Å². The number of fused-ring (bicyclic) bond motifs is 5. The predicted molar refractivity (Wildman–Crippen MR) is 152 cm³/mol. The van der Waals surface area contributed by atoms with Crippen LogP contribution in [0.15, 0.2) is 42.0 Å². The summed E-state index contributed by atoms with van der Waals surface area (Å²) in [5.74, 6) is 2.55. The van der Waals surface area contributed by atoms with Crippen LogP contribution in [0.1, 0.15) is 109 Å². The Balaban J connectivity index is 1.47. The molecule has 4 aliphatic rings. The van der Waals surface area contributed by atoms with Gasteiger partial charge in [-0.15, -0.1) is 0 Å². The Labute approximate surface area is 230 Å². The fourth-order valence-electron chi connectivity index (χ4n) is 9.43. The van der Waals surface area contributed by atoms with E-state index in [2.05, 4.69) is 40.7 Å². The third kappa shape index (κ3) is 4.58. The van der Waals surface area contributed by atoms with Crippen molar-refractivity contribution in [3.05, 3.63) is 47.5 Å². The molecule has 9 atom stereocenters. The lowest BCUT2D eigenvalue weighted by atomic mass is 9.45. The average Bonchev–Trinajstić information content (AvgIpc) is 3.23. The number of rotatable bonds is 7. The molecule has 1 aromatic rings. The van der Waals surface area contributed by atoms with Crippen molar-refractivity contribution in [3.8, 4) is 0 Å². The van der Waals surface area contributed by atoms with Crippen molar-refractivity contribution in [1.82, 2.24) is 0 Å². The molecule has 0 spiro atoms. The van der Waals surface area contributed by atoms with Crippen LogP contribution in [0, 0.1) is 40.4 Å². The van der Waals surface area contributed by atoms with Gasteiger partial charge >= 0.3 is 5.97 Å². The number of hydrogen-bond donors (Lipinski definition) is 2. The number of esters is 1. The third-order valence-electron chi connectivity index (χ3n) is 11.7. The molecule has 0 amide bonds. The zero-order valence-corrected chi connectivity index (χ0v) is 24.3. The molecule has 0 radical (unpaired) electrons. The standard InChI is InChI=1S/C34H50O4/c1-22(2)10-9-11-23(3)27-14-15-28-26-20-30(38-31(36)24-12-7-6-8-13-24)34(37)21-25(35)16-19-33(34,5)29(26)17-18-32(27,28)4/h6-8,12-13,20,22-23,25,27-30,35,37H,9-11,14-19,21H2,1-5H3/t23-,25?,27-,28+,29+,30?,32-,33-,34?/m1/s1. The number of benzene rings is 1. The summed E-state index contributed by atoms with van der Waals surface area (Å²) in [4.78, 5) is 13.2. The second-order valence-corrected chi connectivity index (χ2v) is 14.2. The van der Waals surface area contributed by atoms with Crippen LogP contribution in [0.4, 0.5) is 0 Å². The number of carbonyl (C=O) groups excluding carboxylic acids is 1. The minimum atomic E-state index is -1.26. The van der Waals surface area contributed by atoms with E-state index in [1.165, 1.54) is 44.1 Å². The summed E-state index contributed by atoms with van der Waals surface area (Å²) in [6.07, 6.45) is 11.2. The Hall–Kier alpha value is -1.65. The SMILES string of the molecule is CC(C)CCC[C@@H](C)[C@H]1CC[C@H]2C3=CC(OC(=O)c4ccccc4)C4(O)CC(O)CC[C@]4(C)[C@H]3CC[C@]12C. The smallest absolute Gasteiger partial charge is 0.338 e. The van der Waals surface area contributed by atoms with Crippen molar-refractivity contribution in [3.63, 3.8) is 0 Å². The lowest BCUT2D eigenvalue weighted by molar-refractivity contribution is -0.210. The van der Waals surface area contributed by atoms with E-state index < -0.39 is 29.2 Å². The van der Waals surface area contributed by atoms with Crippen LogP contribution >= 0.6 is 0 Å². The summed E-state index contributed by atoms with van der Waals surface area (Å²) < 4.78 is 6.17. The predicted octanol–water partition coefficient (Wildman–Crippen LogP) is 7.34. The summed E-state index contributed by atoms with van der Waals surface area (Å²) in [5.41, 5.74) is 0.511. The maximum Gasteiger partial charge on any atom is 0.338 e. The van der Waals surface area contributed by atoms with E-state index in [-0.39, 0.29) is 17.8 Å². The number of allylic oxidation sites excluding steroid dienone is 1. The first-order chi connectivity index (χ1) is 18.0. The van der Waals surface area contributed by atoms with E-state index >= 15 is 0 Å². The van der Waals surface area contributed by atoms with Gasteiger partial charge in [0, 0.05) is 11.8 Å². The number of carbonyl (C=O) groups is 1. The molecule has 38 heavy (non-hydrogen) atoms. The van der Waals surface area contributed by atoms with Gasteiger partial charge in [0.15, 0.2) is 0 Å². The van der Waals surface area contributed by atoms with Crippen molar-refractivity contribution in [2.45, 2.75) is 117 Å². The number of aliphatic hydroxyl groups is 2. The van der Waals surface area contributed by atoms with Crippen LogP contribution in [0.5, 0.6) is 0 Å². The third-order valence-corrected chi connectivity index (χ3v) is 11.7. The molecular weight excluding hydrogens is 472 g/mol. The quantitative estimate of drug-likeness (QED) is 0.290. The summed E-state index contributed by atoms with van der Waals surface area (Å²) in [7, 11) is 0. The van der Waals surface area contributed by atoms with Gasteiger partial charge < -0.3 is 14.9 Å². The first-order valence-corrected chi connectivity index (χ1v) is 15.4. The molecule has 5 rings (SSSR count). The number of hydrogen-bond acceptors (Lipinski definition) is 4. The number of ether oxygens (including phenoxy) is 1. The molecule has 4 nitrogen and oxygen atoms in total. The molecule has 0 heterocycles. The molecule has 0 saturated heterocycles. The lowest BCUT2D eigenvalue weighted by Crippen LogP contribution is -2.66. The Morgan fingerprint density at radius 3 is 2.45 bits per heavy atom. The van der Waals surface area contributed by atoms with Gasteiger partial charge in [-0.25, -0.2) is 4.79 Å². The van der Waals surface area contributed by atoms with Gasteiger partial charge in [0.05, 0.1) is 11.7 Å². The highest BCUT2D eigenvalue weighted by molar-refractivity contribution is 5.89. The summed E-state index contributed by atoms with van der Waals surface area (Å²) in [5, 5.41) is 23.0. The van der Waals surface area contributed by atoms with E-state index in [0.717, 1.165) is 18.8 Å². The average molecular weight is 523 g/mol. The molecule has 4 heteroatoms. The van der Waals surface area contributed by atoms with Crippen LogP contribution in [0.25, 0.3) is 0 Å². The van der Waals surface area contributed by atoms with Crippen molar-refractivity contribution in [1.29, 1.82) is 0 Å². The minimum Gasteiger partial charge on any atom is -0.451 e. The van der Waals surface area contributed by atoms with Gasteiger partial charge in [0.2, 0.25) is 0 Å². The maximum absolute atomic E-state index is 13.2. The van der Waals surface area contributed by atoms with E-state index in [1.54, 1.807) is 12.1 Å². The van der Waals surface area contributed by atoms with E-state index in [1.807, 2.05) is 18.2 Å². The highest BCUT2D eigenvalue weighted by Crippen LogP contribution is 2.68. The Morgan fingerprint density at radius 1 is 1.00 bits per heavy atom. The second kappa shape index (κ2) is 10.4. The van der Waals surface area contributed by atoms with Gasteiger partial charge in [-0.2, -0.15) is 0 Å². The van der Waals surface area contributed by atoms with Gasteiger partial charge in [0.25, 0.3) is 0 Å². The highest BCUT2D eigenvalue weighted by Gasteiger charge is 2.66. The van der Waals surface area contributed by atoms with Crippen LogP contribution in [0.2, 0.25) is 0 Å². The van der Waals surface area contributed by atoms with Crippen LogP contribution in [0.3, 0.4) is 0 Å². The fourth-order valence-corrected chi connectivity index (χ4v) is 9.43. The highest BCUT2D eigenvalue weighted by atomic mass is 16.6. The van der Waals surface area contributed by atoms with Crippen LogP contribution in [-0.2, 0) is 4.74 Å². The normalized spacial score (nSPS) is 41.1. The Kier molecular flexibility index (Phi) is 7.63. The summed E-state index contributed by atoms with van der Waals surface area (Å²) >= 11 is 0. The molecular formula is C34H50O4. The zero-order valence-electron chi connectivity index (χ0n) is 24.3. The number of aliphatic hydroxyl groups excluding tert-OH is 1. The molecule has 4 aliphatic carbocycles. The van der Waals surface area contributed by atoms with Gasteiger partial charge in [-0.05, 0) is 91.7 Å². The van der Waals surface area contributed by atoms with Crippen molar-refractivity contribution < 1.29 is 19.7 Å². The summed E-state index contributed by atoms with van der Waals surface area (Å²) in [6.45, 7) is 11.9. The molecule has 210 valence electrons. The molecule has 1 aromatic carbocycles. The molecule has 2 N–H and O–H groups in total. The minimum absolute atomic E-state index is 0.258. The van der Waals surface area contributed by atoms with Crippen molar-refractivity contribution in [2.24, 2.45) is 40.4 Å². The first kappa shape index (κ1) is 27.9. The van der Waals surface area contributed by atoms with E-state index in [9.17, 15) is 15.0 Å². The summed E-state index contributed by atoms with van der Waals surface area (Å²) in [6, 6.07) is 9.08. The second-order valence-electron chi connectivity index (χ2n) is 14.2. The molecule has 3 fully saturated rings. The largest absolute Gasteiger partial charge is 0.451 e. The van der Waals surface area contributed by atoms with Gasteiger partial charge in [-0.3, -0.25) is 0 Å². The maximum atomic E-state index is 13.2. The monoisotopic (exact) mass is 522 g/mol. The van der Waals surface area contributed by atoms with E-state index in [0.29, 0.717) is 29.7 Å². The van der Waals surface area contributed by atoms with Crippen molar-refractivity contribution in [2.75, 3.05) is 0 Å². The molecule has 3 unspecified atom stereocenters. The zero-order chi connectivity index (χ0) is 27.3. The lowest BCUT2D eigenvalue weighted by Gasteiger charge is -2.62. The molecule has 3 saturated carbocycles. The fraction of sp³-hybridized carbons (Fsp3) is 0.735. The molecule has 0 bridgehead atoms. The topological polar surface area (TPSA) is 66.8 Å². The molecule has 0 aromatic heterocycles. The Morgan fingerprint density at radius 2 is 1.74 bits per heavy atom. The van der Waals surface area contributed by atoms with E-state index in [4.69, 9.17) is 4.74 Å². The van der Waals surface area contributed by atoms with Gasteiger partial charge in [0.1, 0.15) is 11.7 Å².